The van der Waals surface area contributed by atoms with Gasteiger partial charge in [0.2, 0.25) is 0 Å². The molecule has 0 radical (unpaired) electrons. The van der Waals surface area contributed by atoms with Gasteiger partial charge in [-0.15, -0.1) is 0 Å². The third-order valence-electron chi connectivity index (χ3n) is 4.15. The number of rotatable bonds is 1. The summed E-state index contributed by atoms with van der Waals surface area (Å²) in [7, 11) is 0. The monoisotopic (exact) mass is 263 g/mol. The highest BCUT2D eigenvalue weighted by atomic mass is 16.5. The summed E-state index contributed by atoms with van der Waals surface area (Å²) in [5, 5.41) is 3.44. The van der Waals surface area contributed by atoms with Crippen LogP contribution in [-0.4, -0.2) is 29.3 Å². The van der Waals surface area contributed by atoms with Gasteiger partial charge >= 0.3 is 0 Å². The first kappa shape index (κ1) is 13.1. The molecule has 0 amide bonds. The highest BCUT2D eigenvalue weighted by Gasteiger charge is 2.31. The van der Waals surface area contributed by atoms with E-state index in [-0.39, 0.29) is 5.41 Å². The van der Waals surface area contributed by atoms with Crippen molar-refractivity contribution in [3.8, 4) is 0 Å². The predicted molar refractivity (Wildman–Crippen MR) is 75.4 cm³/mol. The second-order valence-electron chi connectivity index (χ2n) is 6.72. The van der Waals surface area contributed by atoms with Crippen LogP contribution in [0.5, 0.6) is 0 Å². The van der Waals surface area contributed by atoms with Gasteiger partial charge in [0.25, 0.3) is 0 Å². The van der Waals surface area contributed by atoms with Crippen molar-refractivity contribution in [2.45, 2.75) is 58.0 Å². The highest BCUT2D eigenvalue weighted by Crippen LogP contribution is 2.33. The number of imidazole rings is 1. The Bertz CT molecular complexity index is 453. The first-order valence-electron chi connectivity index (χ1n) is 7.46. The summed E-state index contributed by atoms with van der Waals surface area (Å²) < 4.78 is 8.08. The molecule has 0 aliphatic carbocycles. The van der Waals surface area contributed by atoms with Crippen molar-refractivity contribution in [3.05, 3.63) is 17.2 Å². The van der Waals surface area contributed by atoms with Gasteiger partial charge in [-0.3, -0.25) is 0 Å². The lowest BCUT2D eigenvalue weighted by Gasteiger charge is -2.31. The molecule has 0 spiro atoms. The summed E-state index contributed by atoms with van der Waals surface area (Å²) in [4.78, 5) is 4.96. The zero-order valence-corrected chi connectivity index (χ0v) is 12.3. The lowest BCUT2D eigenvalue weighted by Crippen LogP contribution is -2.29. The standard InChI is InChI=1S/C15H25N3O/c1-15(2,3)14-17-12-10-16-7-4-13(12)18(14)11-5-8-19-9-6-11/h11,16H,4-10H2,1-3H3. The highest BCUT2D eigenvalue weighted by molar-refractivity contribution is 5.24. The molecular weight excluding hydrogens is 238 g/mol. The maximum Gasteiger partial charge on any atom is 0.114 e. The molecule has 1 fully saturated rings. The topological polar surface area (TPSA) is 39.1 Å². The van der Waals surface area contributed by atoms with Crippen LogP contribution in [0.15, 0.2) is 0 Å². The fourth-order valence-corrected chi connectivity index (χ4v) is 3.20. The van der Waals surface area contributed by atoms with E-state index in [1.54, 1.807) is 0 Å². The molecule has 0 saturated carbocycles. The number of nitrogens with zero attached hydrogens (tertiary/aromatic N) is 2. The molecule has 4 heteroatoms. The minimum absolute atomic E-state index is 0.107. The van der Waals surface area contributed by atoms with Crippen molar-refractivity contribution in [3.63, 3.8) is 0 Å². The van der Waals surface area contributed by atoms with Crippen molar-refractivity contribution in [1.82, 2.24) is 14.9 Å². The van der Waals surface area contributed by atoms with Crippen LogP contribution in [0.4, 0.5) is 0 Å². The number of hydrogen-bond donors (Lipinski definition) is 1. The Balaban J connectivity index is 2.05. The van der Waals surface area contributed by atoms with Crippen LogP contribution in [0.3, 0.4) is 0 Å². The Labute approximate surface area is 115 Å². The largest absolute Gasteiger partial charge is 0.381 e. The van der Waals surface area contributed by atoms with Gasteiger partial charge in [-0.05, 0) is 12.8 Å². The smallest absolute Gasteiger partial charge is 0.114 e. The predicted octanol–water partition coefficient (Wildman–Crippen LogP) is 2.18. The molecule has 3 heterocycles. The lowest BCUT2D eigenvalue weighted by molar-refractivity contribution is 0.0672. The van der Waals surface area contributed by atoms with E-state index in [1.807, 2.05) is 0 Å². The van der Waals surface area contributed by atoms with Gasteiger partial charge < -0.3 is 14.6 Å². The second kappa shape index (κ2) is 4.91. The summed E-state index contributed by atoms with van der Waals surface area (Å²) in [6.07, 6.45) is 3.36. The Kier molecular flexibility index (Phi) is 3.39. The second-order valence-corrected chi connectivity index (χ2v) is 6.72. The van der Waals surface area contributed by atoms with E-state index in [1.165, 1.54) is 17.2 Å². The van der Waals surface area contributed by atoms with Crippen LogP contribution in [-0.2, 0) is 23.1 Å². The molecule has 4 nitrogen and oxygen atoms in total. The molecule has 2 aliphatic rings. The molecule has 0 atom stereocenters. The van der Waals surface area contributed by atoms with E-state index >= 15 is 0 Å². The molecule has 1 aromatic heterocycles. The van der Waals surface area contributed by atoms with Crippen LogP contribution in [0.1, 0.15) is 56.9 Å². The Morgan fingerprint density at radius 1 is 1.26 bits per heavy atom. The van der Waals surface area contributed by atoms with E-state index in [0.29, 0.717) is 6.04 Å². The average Bonchev–Trinajstić information content (AvgIpc) is 2.79. The SMILES string of the molecule is CC(C)(C)c1nc2c(n1C1CCOCC1)CCNC2. The van der Waals surface area contributed by atoms with Crippen LogP contribution >= 0.6 is 0 Å². The summed E-state index contributed by atoms with van der Waals surface area (Å²) >= 11 is 0. The van der Waals surface area contributed by atoms with Crippen LogP contribution in [0, 0.1) is 0 Å². The van der Waals surface area contributed by atoms with Gasteiger partial charge in [-0.2, -0.15) is 0 Å². The molecule has 2 aliphatic heterocycles. The quantitative estimate of drug-likeness (QED) is 0.844. The van der Waals surface area contributed by atoms with E-state index in [9.17, 15) is 0 Å². The molecular formula is C15H25N3O. The summed E-state index contributed by atoms with van der Waals surface area (Å²) in [5.74, 6) is 1.26. The average molecular weight is 263 g/mol. The number of nitrogens with one attached hydrogen (secondary N) is 1. The van der Waals surface area contributed by atoms with Crippen LogP contribution in [0.2, 0.25) is 0 Å². The molecule has 0 unspecified atom stereocenters. The summed E-state index contributed by atoms with van der Waals surface area (Å²) in [6, 6.07) is 0.581. The Hall–Kier alpha value is -0.870. The minimum Gasteiger partial charge on any atom is -0.381 e. The van der Waals surface area contributed by atoms with Crippen LogP contribution in [0.25, 0.3) is 0 Å². The molecule has 0 bridgehead atoms. The lowest BCUT2D eigenvalue weighted by atomic mass is 9.94. The maximum atomic E-state index is 5.52. The molecule has 0 aromatic carbocycles. The number of hydrogen-bond acceptors (Lipinski definition) is 3. The molecule has 1 N–H and O–H groups in total. The maximum absolute atomic E-state index is 5.52. The molecule has 1 aromatic rings. The van der Waals surface area contributed by atoms with Gasteiger partial charge in [-0.25, -0.2) is 4.98 Å². The molecule has 3 rings (SSSR count). The number of ether oxygens (including phenoxy) is 1. The van der Waals surface area contributed by atoms with E-state index < -0.39 is 0 Å². The number of fused-ring (bicyclic) bond motifs is 1. The fourth-order valence-electron chi connectivity index (χ4n) is 3.20. The van der Waals surface area contributed by atoms with Crippen molar-refractivity contribution in [2.24, 2.45) is 0 Å². The Morgan fingerprint density at radius 2 is 2.00 bits per heavy atom. The minimum atomic E-state index is 0.107. The van der Waals surface area contributed by atoms with Gasteiger partial charge in [-0.1, -0.05) is 20.8 Å². The van der Waals surface area contributed by atoms with Gasteiger partial charge in [0, 0.05) is 49.9 Å². The van der Waals surface area contributed by atoms with Crippen molar-refractivity contribution >= 4 is 0 Å². The third-order valence-corrected chi connectivity index (χ3v) is 4.15. The van der Waals surface area contributed by atoms with Crippen LogP contribution < -0.4 is 5.32 Å². The van der Waals surface area contributed by atoms with Crippen molar-refractivity contribution in [2.75, 3.05) is 19.8 Å². The van der Waals surface area contributed by atoms with Gasteiger partial charge in [0.15, 0.2) is 0 Å². The first-order valence-corrected chi connectivity index (χ1v) is 7.46. The first-order chi connectivity index (χ1) is 9.07. The molecule has 1 saturated heterocycles. The summed E-state index contributed by atoms with van der Waals surface area (Å²) in [5.41, 5.74) is 2.84. The zero-order chi connectivity index (χ0) is 13.5. The van der Waals surface area contributed by atoms with E-state index in [0.717, 1.165) is 45.6 Å². The summed E-state index contributed by atoms with van der Waals surface area (Å²) in [6.45, 7) is 10.6. The van der Waals surface area contributed by atoms with Crippen molar-refractivity contribution < 1.29 is 4.74 Å². The number of aromatic nitrogens is 2. The molecule has 19 heavy (non-hydrogen) atoms. The third kappa shape index (κ3) is 2.43. The fraction of sp³-hybridized carbons (Fsp3) is 0.800. The Morgan fingerprint density at radius 3 is 2.68 bits per heavy atom. The zero-order valence-electron chi connectivity index (χ0n) is 12.3. The van der Waals surface area contributed by atoms with E-state index in [4.69, 9.17) is 9.72 Å². The normalized spacial score (nSPS) is 21.4. The van der Waals surface area contributed by atoms with Gasteiger partial charge in [0.1, 0.15) is 5.82 Å². The van der Waals surface area contributed by atoms with Gasteiger partial charge in [0.05, 0.1) is 5.69 Å². The van der Waals surface area contributed by atoms with Crippen molar-refractivity contribution in [1.29, 1.82) is 0 Å². The van der Waals surface area contributed by atoms with E-state index in [2.05, 4.69) is 30.7 Å². The molecule has 106 valence electrons.